The van der Waals surface area contributed by atoms with Crippen molar-refractivity contribution in [1.82, 2.24) is 0 Å². The summed E-state index contributed by atoms with van der Waals surface area (Å²) < 4.78 is 9.97. The van der Waals surface area contributed by atoms with Crippen molar-refractivity contribution in [2.75, 3.05) is 13.2 Å². The molecule has 2 rings (SSSR count). The topological polar surface area (TPSA) is 52.6 Å². The summed E-state index contributed by atoms with van der Waals surface area (Å²) >= 11 is 0. The summed E-state index contributed by atoms with van der Waals surface area (Å²) in [4.78, 5) is 23.0. The van der Waals surface area contributed by atoms with Crippen LogP contribution in [0.2, 0.25) is 0 Å². The highest BCUT2D eigenvalue weighted by Crippen LogP contribution is 2.21. The molecule has 0 fully saturated rings. The van der Waals surface area contributed by atoms with E-state index in [0.717, 1.165) is 16.3 Å². The van der Waals surface area contributed by atoms with Gasteiger partial charge < -0.3 is 9.47 Å². The molecular formula is C18H18O4. The zero-order valence-electron chi connectivity index (χ0n) is 12.7. The van der Waals surface area contributed by atoms with Crippen LogP contribution in [-0.4, -0.2) is 25.2 Å². The largest absolute Gasteiger partial charge is 0.463 e. The quantitative estimate of drug-likeness (QED) is 0.627. The summed E-state index contributed by atoms with van der Waals surface area (Å²) in [5.74, 6) is -0.912. The van der Waals surface area contributed by atoms with Gasteiger partial charge in [-0.2, -0.15) is 0 Å². The highest BCUT2D eigenvalue weighted by Gasteiger charge is 2.13. The van der Waals surface area contributed by atoms with E-state index in [1.54, 1.807) is 13.0 Å². The third kappa shape index (κ3) is 3.95. The highest BCUT2D eigenvalue weighted by atomic mass is 16.5. The average Bonchev–Trinajstić information content (AvgIpc) is 2.51. The number of fused-ring (bicyclic) bond motifs is 1. The van der Waals surface area contributed by atoms with Gasteiger partial charge in [0.15, 0.2) is 0 Å². The van der Waals surface area contributed by atoms with Crippen LogP contribution in [0.25, 0.3) is 16.8 Å². The molecule has 0 bridgehead atoms. The van der Waals surface area contributed by atoms with E-state index in [4.69, 9.17) is 9.47 Å². The van der Waals surface area contributed by atoms with Crippen LogP contribution in [0.1, 0.15) is 19.4 Å². The Hall–Kier alpha value is -2.62. The Morgan fingerprint density at radius 1 is 1.05 bits per heavy atom. The van der Waals surface area contributed by atoms with Gasteiger partial charge in [-0.1, -0.05) is 42.5 Å². The molecule has 0 saturated heterocycles. The van der Waals surface area contributed by atoms with Crippen LogP contribution in [0, 0.1) is 0 Å². The average molecular weight is 298 g/mol. The van der Waals surface area contributed by atoms with Gasteiger partial charge in [0.25, 0.3) is 0 Å². The molecule has 0 atom stereocenters. The molecule has 4 nitrogen and oxygen atoms in total. The van der Waals surface area contributed by atoms with Crippen molar-refractivity contribution in [1.29, 1.82) is 0 Å². The van der Waals surface area contributed by atoms with Crippen molar-refractivity contribution in [3.05, 3.63) is 53.6 Å². The molecule has 0 radical (unpaired) electrons. The predicted octanol–water partition coefficient (Wildman–Crippen LogP) is 3.35. The van der Waals surface area contributed by atoms with E-state index in [0.29, 0.717) is 5.57 Å². The van der Waals surface area contributed by atoms with Crippen LogP contribution in [0.3, 0.4) is 0 Å². The van der Waals surface area contributed by atoms with Crippen molar-refractivity contribution in [2.45, 2.75) is 13.8 Å². The van der Waals surface area contributed by atoms with E-state index in [1.807, 2.05) is 42.5 Å². The summed E-state index contributed by atoms with van der Waals surface area (Å²) in [6.07, 6.45) is 1.71. The standard InChI is InChI=1S/C18H18O4/c1-3-21-18(20)16(12-22-13(2)19)11-15-9-6-8-14-7-4-5-10-17(14)15/h4-11H,3,12H2,1-2H3/b16-11-. The van der Waals surface area contributed by atoms with Gasteiger partial charge in [-0.25, -0.2) is 4.79 Å². The Kier molecular flexibility index (Phi) is 5.31. The monoisotopic (exact) mass is 298 g/mol. The molecule has 0 aromatic heterocycles. The van der Waals surface area contributed by atoms with Gasteiger partial charge in [0.05, 0.1) is 12.2 Å². The Morgan fingerprint density at radius 2 is 1.77 bits per heavy atom. The molecular weight excluding hydrogens is 280 g/mol. The Bertz CT molecular complexity index is 711. The summed E-state index contributed by atoms with van der Waals surface area (Å²) in [6.45, 7) is 3.21. The van der Waals surface area contributed by atoms with Crippen LogP contribution in [-0.2, 0) is 19.1 Å². The molecule has 0 aliphatic carbocycles. The van der Waals surface area contributed by atoms with E-state index in [1.165, 1.54) is 6.92 Å². The minimum atomic E-state index is -0.475. The molecule has 22 heavy (non-hydrogen) atoms. The van der Waals surface area contributed by atoms with E-state index < -0.39 is 11.9 Å². The molecule has 0 aliphatic rings. The lowest BCUT2D eigenvalue weighted by Crippen LogP contribution is -2.14. The molecule has 0 amide bonds. The fourth-order valence-corrected chi connectivity index (χ4v) is 2.13. The van der Waals surface area contributed by atoms with Crippen molar-refractivity contribution < 1.29 is 19.1 Å². The summed E-state index contributed by atoms with van der Waals surface area (Å²) in [7, 11) is 0. The van der Waals surface area contributed by atoms with Crippen LogP contribution < -0.4 is 0 Å². The first-order chi connectivity index (χ1) is 10.6. The number of esters is 2. The van der Waals surface area contributed by atoms with Crippen LogP contribution in [0.15, 0.2) is 48.0 Å². The highest BCUT2D eigenvalue weighted by molar-refractivity contribution is 5.98. The summed E-state index contributed by atoms with van der Waals surface area (Å²) in [5, 5.41) is 2.10. The van der Waals surface area contributed by atoms with E-state index in [9.17, 15) is 9.59 Å². The molecule has 114 valence electrons. The Morgan fingerprint density at radius 3 is 2.50 bits per heavy atom. The third-order valence-electron chi connectivity index (χ3n) is 3.12. The smallest absolute Gasteiger partial charge is 0.337 e. The number of ether oxygens (including phenoxy) is 2. The lowest BCUT2D eigenvalue weighted by Gasteiger charge is -2.09. The van der Waals surface area contributed by atoms with Crippen LogP contribution >= 0.6 is 0 Å². The predicted molar refractivity (Wildman–Crippen MR) is 85.2 cm³/mol. The van der Waals surface area contributed by atoms with Crippen molar-refractivity contribution in [3.8, 4) is 0 Å². The van der Waals surface area contributed by atoms with Crippen molar-refractivity contribution >= 4 is 28.8 Å². The fourth-order valence-electron chi connectivity index (χ4n) is 2.13. The number of carbonyl (C=O) groups is 2. The molecule has 4 heteroatoms. The maximum absolute atomic E-state index is 12.0. The second kappa shape index (κ2) is 7.41. The molecule has 0 unspecified atom stereocenters. The molecule has 0 aliphatic heterocycles. The third-order valence-corrected chi connectivity index (χ3v) is 3.12. The van der Waals surface area contributed by atoms with Crippen molar-refractivity contribution in [3.63, 3.8) is 0 Å². The minimum Gasteiger partial charge on any atom is -0.463 e. The van der Waals surface area contributed by atoms with Crippen LogP contribution in [0.4, 0.5) is 0 Å². The summed E-state index contributed by atoms with van der Waals surface area (Å²) in [5.41, 5.74) is 1.20. The van der Waals surface area contributed by atoms with Gasteiger partial charge in [0.1, 0.15) is 6.61 Å². The van der Waals surface area contributed by atoms with Gasteiger partial charge in [-0.05, 0) is 29.3 Å². The van der Waals surface area contributed by atoms with Crippen molar-refractivity contribution in [2.24, 2.45) is 0 Å². The summed E-state index contributed by atoms with van der Waals surface area (Å²) in [6, 6.07) is 13.7. The molecule has 2 aromatic carbocycles. The Balaban J connectivity index is 2.41. The number of rotatable bonds is 5. The SMILES string of the molecule is CCOC(=O)/C(=C\c1cccc2ccccc12)COC(C)=O. The first-order valence-corrected chi connectivity index (χ1v) is 7.10. The van der Waals surface area contributed by atoms with E-state index in [-0.39, 0.29) is 13.2 Å². The van der Waals surface area contributed by atoms with E-state index >= 15 is 0 Å². The van der Waals surface area contributed by atoms with Gasteiger partial charge in [-0.3, -0.25) is 4.79 Å². The normalized spacial score (nSPS) is 11.3. The lowest BCUT2D eigenvalue weighted by molar-refractivity contribution is -0.142. The molecule has 0 N–H and O–H groups in total. The maximum atomic E-state index is 12.0. The van der Waals surface area contributed by atoms with Gasteiger partial charge in [0.2, 0.25) is 0 Å². The molecule has 0 spiro atoms. The number of carbonyl (C=O) groups excluding carboxylic acids is 2. The number of hydrogen-bond donors (Lipinski definition) is 0. The molecule has 2 aromatic rings. The fraction of sp³-hybridized carbons (Fsp3) is 0.222. The van der Waals surface area contributed by atoms with Crippen LogP contribution in [0.5, 0.6) is 0 Å². The maximum Gasteiger partial charge on any atom is 0.337 e. The van der Waals surface area contributed by atoms with Gasteiger partial charge in [-0.15, -0.1) is 0 Å². The Labute approximate surface area is 129 Å². The second-order valence-electron chi connectivity index (χ2n) is 4.74. The number of benzene rings is 2. The zero-order chi connectivity index (χ0) is 15.9. The van der Waals surface area contributed by atoms with Gasteiger partial charge >= 0.3 is 11.9 Å². The zero-order valence-corrected chi connectivity index (χ0v) is 12.7. The molecule has 0 saturated carbocycles. The number of hydrogen-bond acceptors (Lipinski definition) is 4. The first kappa shape index (κ1) is 15.8. The minimum absolute atomic E-state index is 0.0998. The van der Waals surface area contributed by atoms with E-state index in [2.05, 4.69) is 0 Å². The first-order valence-electron chi connectivity index (χ1n) is 7.10. The lowest BCUT2D eigenvalue weighted by atomic mass is 10.0. The molecule has 0 heterocycles. The second-order valence-corrected chi connectivity index (χ2v) is 4.74. The van der Waals surface area contributed by atoms with Gasteiger partial charge in [0, 0.05) is 6.92 Å².